The summed E-state index contributed by atoms with van der Waals surface area (Å²) in [6.07, 6.45) is -1.82. The summed E-state index contributed by atoms with van der Waals surface area (Å²) in [6, 6.07) is 10.1. The molecule has 0 aliphatic carbocycles. The summed E-state index contributed by atoms with van der Waals surface area (Å²) in [5.74, 6) is -0.639. The van der Waals surface area contributed by atoms with Crippen molar-refractivity contribution in [2.24, 2.45) is 0 Å². The number of amides is 1. The van der Waals surface area contributed by atoms with Crippen molar-refractivity contribution in [2.45, 2.75) is 12.7 Å². The van der Waals surface area contributed by atoms with Gasteiger partial charge in [-0.05, 0) is 42.0 Å². The van der Waals surface area contributed by atoms with Gasteiger partial charge in [-0.15, -0.1) is 0 Å². The molecule has 28 heavy (non-hydrogen) atoms. The van der Waals surface area contributed by atoms with Gasteiger partial charge in [0.2, 0.25) is 5.95 Å². The van der Waals surface area contributed by atoms with Crippen LogP contribution in [0.1, 0.15) is 21.5 Å². The smallest absolute Gasteiger partial charge is 0.348 e. The lowest BCUT2D eigenvalue weighted by Gasteiger charge is -2.09. The lowest BCUT2D eigenvalue weighted by Crippen LogP contribution is -2.23. The van der Waals surface area contributed by atoms with Gasteiger partial charge in [-0.1, -0.05) is 12.1 Å². The van der Waals surface area contributed by atoms with Crippen LogP contribution in [0.4, 0.5) is 29.2 Å². The van der Waals surface area contributed by atoms with Gasteiger partial charge in [-0.3, -0.25) is 4.79 Å². The van der Waals surface area contributed by atoms with E-state index in [4.69, 9.17) is 0 Å². The lowest BCUT2D eigenvalue weighted by atomic mass is 10.2. The monoisotopic (exact) mass is 390 g/mol. The molecule has 0 saturated carbocycles. The summed E-state index contributed by atoms with van der Waals surface area (Å²) in [5, 5.41) is 5.41. The zero-order valence-corrected chi connectivity index (χ0v) is 14.3. The van der Waals surface area contributed by atoms with Gasteiger partial charge in [0, 0.05) is 24.6 Å². The Morgan fingerprint density at radius 2 is 1.54 bits per heavy atom. The first-order valence-electron chi connectivity index (χ1n) is 8.10. The minimum Gasteiger partial charge on any atom is -0.348 e. The molecule has 0 atom stereocenters. The van der Waals surface area contributed by atoms with Crippen molar-refractivity contribution in [3.8, 4) is 0 Å². The molecular formula is C19H14F4N4O. The van der Waals surface area contributed by atoms with E-state index in [1.165, 1.54) is 36.7 Å². The third-order valence-electron chi connectivity index (χ3n) is 3.75. The van der Waals surface area contributed by atoms with E-state index in [0.29, 0.717) is 5.69 Å². The molecule has 2 aromatic carbocycles. The Labute approximate surface area is 157 Å². The van der Waals surface area contributed by atoms with Crippen LogP contribution in [0, 0.1) is 5.82 Å². The first kappa shape index (κ1) is 19.3. The number of hydrogen-bond acceptors (Lipinski definition) is 4. The molecule has 9 heteroatoms. The highest BCUT2D eigenvalue weighted by atomic mass is 19.4. The quantitative estimate of drug-likeness (QED) is 0.638. The molecule has 0 unspecified atom stereocenters. The molecule has 144 valence electrons. The van der Waals surface area contributed by atoms with Crippen molar-refractivity contribution in [2.75, 3.05) is 5.32 Å². The van der Waals surface area contributed by atoms with Crippen LogP contribution in [0.5, 0.6) is 0 Å². The average Bonchev–Trinajstić information content (AvgIpc) is 2.67. The number of rotatable bonds is 5. The van der Waals surface area contributed by atoms with Crippen LogP contribution in [-0.4, -0.2) is 15.9 Å². The summed E-state index contributed by atoms with van der Waals surface area (Å²) in [5.41, 5.74) is 0.560. The van der Waals surface area contributed by atoms with Crippen LogP contribution in [0.2, 0.25) is 0 Å². The maximum atomic E-state index is 12.9. The second-order valence-corrected chi connectivity index (χ2v) is 5.80. The van der Waals surface area contributed by atoms with E-state index in [0.717, 1.165) is 17.7 Å². The van der Waals surface area contributed by atoms with Crippen LogP contribution < -0.4 is 10.6 Å². The molecule has 0 saturated heterocycles. The summed E-state index contributed by atoms with van der Waals surface area (Å²) >= 11 is 0. The molecule has 1 heterocycles. The summed E-state index contributed by atoms with van der Waals surface area (Å²) in [7, 11) is 0. The maximum absolute atomic E-state index is 12.9. The van der Waals surface area contributed by atoms with Crippen LogP contribution >= 0.6 is 0 Å². The van der Waals surface area contributed by atoms with E-state index in [1.807, 2.05) is 0 Å². The molecule has 5 nitrogen and oxygen atoms in total. The van der Waals surface area contributed by atoms with Crippen molar-refractivity contribution in [3.05, 3.63) is 83.4 Å². The zero-order valence-electron chi connectivity index (χ0n) is 14.3. The van der Waals surface area contributed by atoms with Crippen molar-refractivity contribution < 1.29 is 22.4 Å². The fraction of sp³-hybridized carbons (Fsp3) is 0.105. The van der Waals surface area contributed by atoms with Crippen molar-refractivity contribution >= 4 is 17.5 Å². The third kappa shape index (κ3) is 5.03. The Balaban J connectivity index is 1.58. The second-order valence-electron chi connectivity index (χ2n) is 5.80. The van der Waals surface area contributed by atoms with Gasteiger partial charge in [-0.2, -0.15) is 13.2 Å². The predicted octanol–water partition coefficient (Wildman–Crippen LogP) is 4.31. The van der Waals surface area contributed by atoms with E-state index in [-0.39, 0.29) is 23.9 Å². The van der Waals surface area contributed by atoms with Gasteiger partial charge in [0.1, 0.15) is 5.82 Å². The molecular weight excluding hydrogens is 376 g/mol. The van der Waals surface area contributed by atoms with Crippen LogP contribution in [0.15, 0.2) is 60.9 Å². The number of anilines is 2. The third-order valence-corrected chi connectivity index (χ3v) is 3.75. The number of halogens is 4. The molecule has 3 aromatic rings. The van der Waals surface area contributed by atoms with Gasteiger partial charge < -0.3 is 10.6 Å². The van der Waals surface area contributed by atoms with E-state index in [9.17, 15) is 22.4 Å². The minimum atomic E-state index is -4.40. The second kappa shape index (κ2) is 8.03. The topological polar surface area (TPSA) is 66.9 Å². The standard InChI is InChI=1S/C19H14F4N4O/c20-15-5-1-12(2-6-15)9-24-17(28)13-10-25-18(26-11-13)27-16-7-3-14(4-8-16)19(21,22)23/h1-8,10-11H,9H2,(H,24,28)(H,25,26,27). The van der Waals surface area contributed by atoms with Gasteiger partial charge in [0.05, 0.1) is 11.1 Å². The number of benzene rings is 2. The number of carbonyl (C=O) groups is 1. The van der Waals surface area contributed by atoms with E-state index in [1.54, 1.807) is 12.1 Å². The lowest BCUT2D eigenvalue weighted by molar-refractivity contribution is -0.137. The van der Waals surface area contributed by atoms with Gasteiger partial charge in [0.25, 0.3) is 5.91 Å². The number of hydrogen-bond donors (Lipinski definition) is 2. The summed E-state index contributed by atoms with van der Waals surface area (Å²) < 4.78 is 50.5. The Morgan fingerprint density at radius 3 is 2.11 bits per heavy atom. The van der Waals surface area contributed by atoms with Crippen LogP contribution in [0.3, 0.4) is 0 Å². The molecule has 1 amide bonds. The fourth-order valence-electron chi connectivity index (χ4n) is 2.27. The highest BCUT2D eigenvalue weighted by Crippen LogP contribution is 2.30. The first-order chi connectivity index (χ1) is 13.3. The minimum absolute atomic E-state index is 0.134. The average molecular weight is 390 g/mol. The molecule has 0 bridgehead atoms. The number of nitrogens with one attached hydrogen (secondary N) is 2. The van der Waals surface area contributed by atoms with E-state index in [2.05, 4.69) is 20.6 Å². The highest BCUT2D eigenvalue weighted by Gasteiger charge is 2.29. The number of nitrogens with zero attached hydrogens (tertiary/aromatic N) is 2. The first-order valence-corrected chi connectivity index (χ1v) is 8.10. The van der Waals surface area contributed by atoms with Gasteiger partial charge >= 0.3 is 6.18 Å². The number of alkyl halides is 3. The summed E-state index contributed by atoms with van der Waals surface area (Å²) in [4.78, 5) is 20.0. The molecule has 1 aromatic heterocycles. The van der Waals surface area contributed by atoms with E-state index >= 15 is 0 Å². The molecule has 0 spiro atoms. The largest absolute Gasteiger partial charge is 0.416 e. The van der Waals surface area contributed by atoms with Crippen molar-refractivity contribution in [1.29, 1.82) is 0 Å². The van der Waals surface area contributed by atoms with Crippen molar-refractivity contribution in [3.63, 3.8) is 0 Å². The zero-order chi connectivity index (χ0) is 20.1. The Hall–Kier alpha value is -3.49. The normalized spacial score (nSPS) is 11.1. The van der Waals surface area contributed by atoms with Gasteiger partial charge in [-0.25, -0.2) is 14.4 Å². The Morgan fingerprint density at radius 1 is 0.929 bits per heavy atom. The molecule has 0 radical (unpaired) electrons. The van der Waals surface area contributed by atoms with Crippen LogP contribution in [0.25, 0.3) is 0 Å². The molecule has 0 fully saturated rings. The highest BCUT2D eigenvalue weighted by molar-refractivity contribution is 5.93. The maximum Gasteiger partial charge on any atom is 0.416 e. The Bertz CT molecular complexity index is 940. The number of aromatic nitrogens is 2. The van der Waals surface area contributed by atoms with Crippen LogP contribution in [-0.2, 0) is 12.7 Å². The predicted molar refractivity (Wildman–Crippen MR) is 94.3 cm³/mol. The van der Waals surface area contributed by atoms with E-state index < -0.39 is 17.6 Å². The molecule has 3 rings (SSSR count). The molecule has 0 aliphatic rings. The van der Waals surface area contributed by atoms with Crippen molar-refractivity contribution in [1.82, 2.24) is 15.3 Å². The van der Waals surface area contributed by atoms with Gasteiger partial charge in [0.15, 0.2) is 0 Å². The number of carbonyl (C=O) groups excluding carboxylic acids is 1. The SMILES string of the molecule is O=C(NCc1ccc(F)cc1)c1cnc(Nc2ccc(C(F)(F)F)cc2)nc1. The fourth-order valence-corrected chi connectivity index (χ4v) is 2.27. The molecule has 2 N–H and O–H groups in total. The molecule has 0 aliphatic heterocycles. The Kier molecular flexibility index (Phi) is 5.53. The summed E-state index contributed by atoms with van der Waals surface area (Å²) in [6.45, 7) is 0.213.